The number of nitrogens with one attached hydrogen (secondary N) is 1. The van der Waals surface area contributed by atoms with Crippen molar-refractivity contribution in [3.8, 4) is 0 Å². The first-order valence-corrected chi connectivity index (χ1v) is 9.41. The van der Waals surface area contributed by atoms with Crippen molar-refractivity contribution >= 4 is 29.9 Å². The molecule has 1 saturated heterocycles. The zero-order valence-electron chi connectivity index (χ0n) is 17.1. The third-order valence-corrected chi connectivity index (χ3v) is 5.46. The normalized spacial score (nSPS) is 17.7. The van der Waals surface area contributed by atoms with Gasteiger partial charge in [0.05, 0.1) is 6.20 Å². The van der Waals surface area contributed by atoms with E-state index in [4.69, 9.17) is 0 Å². The van der Waals surface area contributed by atoms with Gasteiger partial charge in [-0.1, -0.05) is 38.1 Å². The van der Waals surface area contributed by atoms with Gasteiger partial charge < -0.3 is 10.2 Å². The molecule has 0 bridgehead atoms. The largest absolute Gasteiger partial charge is 0.355 e. The first-order valence-electron chi connectivity index (χ1n) is 9.41. The smallest absolute Gasteiger partial charge is 0.193 e. The lowest BCUT2D eigenvalue weighted by molar-refractivity contribution is 0.453. The standard InChI is InChI=1S/C21H31N5.HI/c1-16-8-6-7-9-19(16)21(2,3)15-23-20(22-4)26-11-10-17(14-26)18-12-24-25(5)13-18;/h6-9,12-13,17H,10-11,14-15H2,1-5H3,(H,22,23);1H. The van der Waals surface area contributed by atoms with Gasteiger partial charge in [-0.3, -0.25) is 9.67 Å². The van der Waals surface area contributed by atoms with Crippen molar-refractivity contribution in [2.75, 3.05) is 26.7 Å². The third-order valence-electron chi connectivity index (χ3n) is 5.46. The monoisotopic (exact) mass is 481 g/mol. The number of guanidine groups is 1. The molecule has 6 heteroatoms. The van der Waals surface area contributed by atoms with E-state index in [0.29, 0.717) is 5.92 Å². The van der Waals surface area contributed by atoms with E-state index in [0.717, 1.165) is 32.0 Å². The van der Waals surface area contributed by atoms with E-state index in [9.17, 15) is 0 Å². The van der Waals surface area contributed by atoms with E-state index in [2.05, 4.69) is 71.5 Å². The maximum absolute atomic E-state index is 4.53. The molecule has 1 aliphatic rings. The molecule has 1 N–H and O–H groups in total. The zero-order valence-corrected chi connectivity index (χ0v) is 19.4. The fourth-order valence-corrected chi connectivity index (χ4v) is 3.94. The van der Waals surface area contributed by atoms with E-state index in [-0.39, 0.29) is 29.4 Å². The molecule has 1 atom stereocenters. The Kier molecular flexibility index (Phi) is 7.31. The number of hydrogen-bond donors (Lipinski definition) is 1. The summed E-state index contributed by atoms with van der Waals surface area (Å²) in [6, 6.07) is 8.64. The van der Waals surface area contributed by atoms with Gasteiger partial charge in [-0.25, -0.2) is 0 Å². The molecule has 2 aromatic rings. The molecule has 0 aliphatic carbocycles. The Balaban J connectivity index is 0.00000261. The molecule has 1 fully saturated rings. The van der Waals surface area contributed by atoms with Crippen LogP contribution in [0.3, 0.4) is 0 Å². The van der Waals surface area contributed by atoms with E-state index < -0.39 is 0 Å². The summed E-state index contributed by atoms with van der Waals surface area (Å²) in [5, 5.41) is 7.92. The van der Waals surface area contributed by atoms with Crippen LogP contribution in [0.25, 0.3) is 0 Å². The van der Waals surface area contributed by atoms with Gasteiger partial charge in [0.15, 0.2) is 5.96 Å². The summed E-state index contributed by atoms with van der Waals surface area (Å²) in [5.41, 5.74) is 4.10. The van der Waals surface area contributed by atoms with Crippen LogP contribution in [0.4, 0.5) is 0 Å². The number of benzene rings is 1. The van der Waals surface area contributed by atoms with Gasteiger partial charge in [0.25, 0.3) is 0 Å². The van der Waals surface area contributed by atoms with Gasteiger partial charge in [0.1, 0.15) is 0 Å². The molecule has 0 amide bonds. The fraction of sp³-hybridized carbons (Fsp3) is 0.524. The molecule has 1 aromatic carbocycles. The van der Waals surface area contributed by atoms with Crippen molar-refractivity contribution in [2.24, 2.45) is 12.0 Å². The molecule has 5 nitrogen and oxygen atoms in total. The lowest BCUT2D eigenvalue weighted by Gasteiger charge is -2.30. The van der Waals surface area contributed by atoms with Crippen LogP contribution in [0.15, 0.2) is 41.7 Å². The minimum atomic E-state index is 0. The summed E-state index contributed by atoms with van der Waals surface area (Å²) in [6.45, 7) is 9.65. The minimum Gasteiger partial charge on any atom is -0.355 e. The van der Waals surface area contributed by atoms with Crippen LogP contribution in [-0.4, -0.2) is 47.3 Å². The second kappa shape index (κ2) is 9.08. The number of aliphatic imine (C=N–C) groups is 1. The van der Waals surface area contributed by atoms with Crippen molar-refractivity contribution in [3.05, 3.63) is 53.3 Å². The first-order chi connectivity index (χ1) is 12.4. The number of aromatic nitrogens is 2. The summed E-state index contributed by atoms with van der Waals surface area (Å²) < 4.78 is 1.88. The molecule has 148 valence electrons. The third kappa shape index (κ3) is 5.03. The molecule has 0 radical (unpaired) electrons. The topological polar surface area (TPSA) is 45.5 Å². The van der Waals surface area contributed by atoms with Gasteiger partial charge in [-0.2, -0.15) is 5.10 Å². The van der Waals surface area contributed by atoms with Gasteiger partial charge in [-0.15, -0.1) is 24.0 Å². The number of nitrogens with zero attached hydrogens (tertiary/aromatic N) is 4. The van der Waals surface area contributed by atoms with Crippen LogP contribution in [0.1, 0.15) is 42.9 Å². The molecular formula is C21H32IN5. The van der Waals surface area contributed by atoms with Crippen molar-refractivity contribution in [1.82, 2.24) is 20.0 Å². The maximum Gasteiger partial charge on any atom is 0.193 e. The molecule has 1 aromatic heterocycles. The molecule has 1 unspecified atom stereocenters. The van der Waals surface area contributed by atoms with Crippen molar-refractivity contribution in [1.29, 1.82) is 0 Å². The second-order valence-electron chi connectivity index (χ2n) is 7.98. The van der Waals surface area contributed by atoms with Crippen molar-refractivity contribution < 1.29 is 0 Å². The van der Waals surface area contributed by atoms with Crippen molar-refractivity contribution in [2.45, 2.75) is 38.5 Å². The summed E-state index contributed by atoms with van der Waals surface area (Å²) in [7, 11) is 3.85. The highest BCUT2D eigenvalue weighted by Crippen LogP contribution is 2.28. The number of likely N-dealkylation sites (tertiary alicyclic amines) is 1. The van der Waals surface area contributed by atoms with Crippen LogP contribution in [0.5, 0.6) is 0 Å². The van der Waals surface area contributed by atoms with E-state index >= 15 is 0 Å². The Labute approximate surface area is 180 Å². The predicted octanol–water partition coefficient (Wildman–Crippen LogP) is 3.69. The summed E-state index contributed by atoms with van der Waals surface area (Å²) in [5.74, 6) is 1.53. The van der Waals surface area contributed by atoms with Crippen LogP contribution < -0.4 is 5.32 Å². The number of aryl methyl sites for hydroxylation is 2. The van der Waals surface area contributed by atoms with E-state index in [1.807, 2.05) is 25.0 Å². The molecular weight excluding hydrogens is 449 g/mol. The molecule has 0 saturated carbocycles. The van der Waals surface area contributed by atoms with Crippen LogP contribution in [0, 0.1) is 6.92 Å². The highest BCUT2D eigenvalue weighted by molar-refractivity contribution is 14.0. The lowest BCUT2D eigenvalue weighted by Crippen LogP contribution is -2.45. The zero-order chi connectivity index (χ0) is 18.7. The Bertz CT molecular complexity index is 780. The summed E-state index contributed by atoms with van der Waals surface area (Å²) in [6.07, 6.45) is 5.27. The predicted molar refractivity (Wildman–Crippen MR) is 123 cm³/mol. The van der Waals surface area contributed by atoms with Gasteiger partial charge >= 0.3 is 0 Å². The lowest BCUT2D eigenvalue weighted by atomic mass is 9.82. The highest BCUT2D eigenvalue weighted by atomic mass is 127. The average Bonchev–Trinajstić information content (AvgIpc) is 3.25. The number of halogens is 1. The number of rotatable bonds is 4. The molecule has 27 heavy (non-hydrogen) atoms. The van der Waals surface area contributed by atoms with Crippen LogP contribution >= 0.6 is 24.0 Å². The van der Waals surface area contributed by atoms with E-state index in [1.54, 1.807) is 0 Å². The summed E-state index contributed by atoms with van der Waals surface area (Å²) >= 11 is 0. The van der Waals surface area contributed by atoms with Gasteiger partial charge in [-0.05, 0) is 30.0 Å². The van der Waals surface area contributed by atoms with Gasteiger partial charge in [0.2, 0.25) is 0 Å². The molecule has 3 rings (SSSR count). The highest BCUT2D eigenvalue weighted by Gasteiger charge is 2.28. The van der Waals surface area contributed by atoms with Crippen LogP contribution in [-0.2, 0) is 12.5 Å². The Morgan fingerprint density at radius 1 is 1.33 bits per heavy atom. The SMILES string of the molecule is CN=C(NCC(C)(C)c1ccccc1C)N1CCC(c2cnn(C)c2)C1.I. The maximum atomic E-state index is 4.53. The van der Waals surface area contributed by atoms with Crippen molar-refractivity contribution in [3.63, 3.8) is 0 Å². The summed E-state index contributed by atoms with van der Waals surface area (Å²) in [4.78, 5) is 6.90. The minimum absolute atomic E-state index is 0. The van der Waals surface area contributed by atoms with Crippen LogP contribution in [0.2, 0.25) is 0 Å². The molecule has 2 heterocycles. The molecule has 1 aliphatic heterocycles. The second-order valence-corrected chi connectivity index (χ2v) is 7.98. The quantitative estimate of drug-likeness (QED) is 0.412. The fourth-order valence-electron chi connectivity index (χ4n) is 3.94. The van der Waals surface area contributed by atoms with Gasteiger partial charge in [0, 0.05) is 51.3 Å². The molecule has 0 spiro atoms. The Morgan fingerprint density at radius 2 is 2.07 bits per heavy atom. The first kappa shape index (κ1) is 21.7. The van der Waals surface area contributed by atoms with E-state index in [1.165, 1.54) is 16.7 Å². The Morgan fingerprint density at radius 3 is 2.70 bits per heavy atom. The Hall–Kier alpha value is -1.57. The average molecular weight is 481 g/mol. The number of hydrogen-bond acceptors (Lipinski definition) is 2.